The fourth-order valence-electron chi connectivity index (χ4n) is 4.13. The van der Waals surface area contributed by atoms with Crippen molar-refractivity contribution in [3.63, 3.8) is 0 Å². The molecule has 2 heterocycles. The molecule has 0 saturated carbocycles. The van der Waals surface area contributed by atoms with Gasteiger partial charge in [-0.2, -0.15) is 0 Å². The van der Waals surface area contributed by atoms with Crippen molar-refractivity contribution in [1.29, 1.82) is 0 Å². The van der Waals surface area contributed by atoms with E-state index in [1.807, 2.05) is 0 Å². The maximum atomic E-state index is 13.7. The van der Waals surface area contributed by atoms with Gasteiger partial charge in [0, 0.05) is 48.2 Å². The molecule has 0 aliphatic carbocycles. The lowest BCUT2D eigenvalue weighted by Gasteiger charge is -2.29. The van der Waals surface area contributed by atoms with Gasteiger partial charge in [0.1, 0.15) is 5.82 Å². The number of thiazole rings is 1. The molecule has 200 valence electrons. The largest absolute Gasteiger partial charge is 0.465 e. The second kappa shape index (κ2) is 12.0. The predicted molar refractivity (Wildman–Crippen MR) is 145 cm³/mol. The lowest BCUT2D eigenvalue weighted by atomic mass is 10.0. The Labute approximate surface area is 229 Å². The highest BCUT2D eigenvalue weighted by Gasteiger charge is 2.25. The molecule has 0 bridgehead atoms. The second-order valence-electron chi connectivity index (χ2n) is 9.20. The molecule has 0 saturated heterocycles. The van der Waals surface area contributed by atoms with Crippen molar-refractivity contribution in [1.82, 2.24) is 9.88 Å². The van der Waals surface area contributed by atoms with Crippen LogP contribution in [0.2, 0.25) is 5.02 Å². The van der Waals surface area contributed by atoms with Gasteiger partial charge in [-0.25, -0.2) is 14.2 Å². The molecule has 0 spiro atoms. The van der Waals surface area contributed by atoms with Crippen molar-refractivity contribution in [2.45, 2.75) is 45.7 Å². The van der Waals surface area contributed by atoms with E-state index in [9.17, 15) is 18.8 Å². The molecular weight excluding hydrogens is 531 g/mol. The Kier molecular flexibility index (Phi) is 8.76. The van der Waals surface area contributed by atoms with Crippen LogP contribution < -0.4 is 10.6 Å². The number of ether oxygens (including phenoxy) is 1. The number of halogens is 2. The minimum absolute atomic E-state index is 0.0348. The number of nitrogens with one attached hydrogen (secondary N) is 2. The van der Waals surface area contributed by atoms with Crippen molar-refractivity contribution in [3.05, 3.63) is 73.9 Å². The lowest BCUT2D eigenvalue weighted by molar-refractivity contribution is -0.116. The van der Waals surface area contributed by atoms with Crippen LogP contribution in [0, 0.1) is 5.82 Å². The van der Waals surface area contributed by atoms with Crippen LogP contribution in [0.4, 0.5) is 15.8 Å². The molecule has 3 aromatic rings. The summed E-state index contributed by atoms with van der Waals surface area (Å²) in [5.74, 6) is -1.91. The molecule has 0 radical (unpaired) electrons. The molecule has 2 aromatic carbocycles. The van der Waals surface area contributed by atoms with E-state index >= 15 is 0 Å². The topological polar surface area (TPSA) is 101 Å². The number of anilines is 2. The summed E-state index contributed by atoms with van der Waals surface area (Å²) in [6, 6.07) is 9.19. The van der Waals surface area contributed by atoms with Gasteiger partial charge >= 0.3 is 5.97 Å². The van der Waals surface area contributed by atoms with Gasteiger partial charge < -0.3 is 15.4 Å². The van der Waals surface area contributed by atoms with Crippen LogP contribution in [0.1, 0.15) is 56.6 Å². The molecule has 38 heavy (non-hydrogen) atoms. The van der Waals surface area contributed by atoms with E-state index < -0.39 is 11.8 Å². The Bertz CT molecular complexity index is 1380. The number of carbonyl (C=O) groups is 3. The summed E-state index contributed by atoms with van der Waals surface area (Å²) < 4.78 is 18.5. The first kappa shape index (κ1) is 27.7. The third kappa shape index (κ3) is 6.56. The monoisotopic (exact) mass is 558 g/mol. The van der Waals surface area contributed by atoms with Crippen molar-refractivity contribution in [2.24, 2.45) is 0 Å². The molecule has 0 atom stereocenters. The average Bonchev–Trinajstić information content (AvgIpc) is 3.33. The highest BCUT2D eigenvalue weighted by Crippen LogP contribution is 2.28. The smallest absolute Gasteiger partial charge is 0.337 e. The van der Waals surface area contributed by atoms with E-state index in [0.29, 0.717) is 22.3 Å². The first-order valence-corrected chi connectivity index (χ1v) is 13.3. The normalized spacial score (nSPS) is 13.2. The quantitative estimate of drug-likeness (QED) is 0.363. The summed E-state index contributed by atoms with van der Waals surface area (Å²) in [6.45, 7) is 5.94. The van der Waals surface area contributed by atoms with Crippen molar-refractivity contribution in [2.75, 3.05) is 24.3 Å². The number of carbonyl (C=O) groups excluding carboxylic acids is 3. The highest BCUT2D eigenvalue weighted by molar-refractivity contribution is 7.13. The minimum Gasteiger partial charge on any atom is -0.465 e. The highest BCUT2D eigenvalue weighted by atomic mass is 35.5. The van der Waals surface area contributed by atoms with Crippen molar-refractivity contribution >= 4 is 52.1 Å². The van der Waals surface area contributed by atoms with E-state index in [1.165, 1.54) is 36.6 Å². The average molecular weight is 559 g/mol. The molecular formula is C27H28ClFN4O4S. The number of hydrogen-bond acceptors (Lipinski definition) is 7. The maximum Gasteiger partial charge on any atom is 0.337 e. The van der Waals surface area contributed by atoms with Gasteiger partial charge in [-0.3, -0.25) is 14.5 Å². The molecule has 1 aromatic heterocycles. The molecule has 0 unspecified atom stereocenters. The van der Waals surface area contributed by atoms with Crippen molar-refractivity contribution in [3.8, 4) is 0 Å². The molecule has 8 nitrogen and oxygen atoms in total. The van der Waals surface area contributed by atoms with Gasteiger partial charge in [0.2, 0.25) is 5.91 Å². The standard InChI is InChI=1S/C27H28ClFN4O4S/c1-15(2)33-11-10-21-23(14-33)38-26(32-21)25(35)31-22-12-17(27(36)37-3)5-4-16(22)6-9-24(34)30-18-7-8-19(28)20(29)13-18/h4-5,7-8,12-13,15H,6,9-11,14H2,1-3H3,(H,30,34)(H,31,35). The molecule has 4 rings (SSSR count). The number of hydrogen-bond donors (Lipinski definition) is 2. The third-order valence-corrected chi connectivity index (χ3v) is 7.68. The van der Waals surface area contributed by atoms with Crippen LogP contribution >= 0.6 is 22.9 Å². The summed E-state index contributed by atoms with van der Waals surface area (Å²) in [7, 11) is 1.28. The van der Waals surface area contributed by atoms with Gasteiger partial charge in [-0.15, -0.1) is 11.3 Å². The summed E-state index contributed by atoms with van der Waals surface area (Å²) in [6.07, 6.45) is 1.10. The van der Waals surface area contributed by atoms with Crippen LogP contribution in [0.5, 0.6) is 0 Å². The van der Waals surface area contributed by atoms with E-state index in [2.05, 4.69) is 34.4 Å². The third-order valence-electron chi connectivity index (χ3n) is 6.29. The van der Waals surface area contributed by atoms with Crippen molar-refractivity contribution < 1.29 is 23.5 Å². The Hall–Kier alpha value is -3.34. The minimum atomic E-state index is -0.631. The van der Waals surface area contributed by atoms with Crippen LogP contribution in [0.15, 0.2) is 36.4 Å². The zero-order chi connectivity index (χ0) is 27.4. The van der Waals surface area contributed by atoms with Gasteiger partial charge in [-0.1, -0.05) is 17.7 Å². The zero-order valence-corrected chi connectivity index (χ0v) is 22.8. The van der Waals surface area contributed by atoms with Gasteiger partial charge in [-0.05, 0) is 56.2 Å². The number of fused-ring (bicyclic) bond motifs is 1. The number of rotatable bonds is 8. The number of methoxy groups -OCH3 is 1. The number of aromatic nitrogens is 1. The first-order chi connectivity index (χ1) is 18.1. The van der Waals surface area contributed by atoms with Gasteiger partial charge in [0.05, 0.1) is 23.4 Å². The SMILES string of the molecule is COC(=O)c1ccc(CCC(=O)Nc2ccc(Cl)c(F)c2)c(NC(=O)c2nc3c(s2)CN(C(C)C)CC3)c1. The Morgan fingerprint density at radius 3 is 2.68 bits per heavy atom. The number of aryl methyl sites for hydroxylation is 1. The van der Waals surface area contributed by atoms with E-state index in [4.69, 9.17) is 16.3 Å². The second-order valence-corrected chi connectivity index (χ2v) is 10.7. The Morgan fingerprint density at radius 2 is 1.97 bits per heavy atom. The van der Waals surface area contributed by atoms with Crippen LogP contribution in [-0.2, 0) is 28.9 Å². The maximum absolute atomic E-state index is 13.7. The number of nitrogens with zero attached hydrogens (tertiary/aromatic N) is 2. The van der Waals surface area contributed by atoms with Gasteiger partial charge in [0.25, 0.3) is 5.91 Å². The van der Waals surface area contributed by atoms with E-state index in [-0.39, 0.29) is 40.9 Å². The predicted octanol–water partition coefficient (Wildman–Crippen LogP) is 5.31. The number of benzene rings is 2. The van der Waals surface area contributed by atoms with E-state index in [1.54, 1.807) is 12.1 Å². The Balaban J connectivity index is 1.49. The summed E-state index contributed by atoms with van der Waals surface area (Å²) in [4.78, 5) is 45.8. The van der Waals surface area contributed by atoms with E-state index in [0.717, 1.165) is 36.1 Å². The van der Waals surface area contributed by atoms with Crippen LogP contribution in [0.3, 0.4) is 0 Å². The molecule has 11 heteroatoms. The molecule has 2 amide bonds. The lowest BCUT2D eigenvalue weighted by Crippen LogP contribution is -2.35. The van der Waals surface area contributed by atoms with Crippen LogP contribution in [0.25, 0.3) is 0 Å². The zero-order valence-electron chi connectivity index (χ0n) is 21.3. The molecule has 2 N–H and O–H groups in total. The number of amides is 2. The Morgan fingerprint density at radius 1 is 1.18 bits per heavy atom. The fourth-order valence-corrected chi connectivity index (χ4v) is 5.28. The van der Waals surface area contributed by atoms with Gasteiger partial charge in [0.15, 0.2) is 5.01 Å². The summed E-state index contributed by atoms with van der Waals surface area (Å²) in [5, 5.41) is 5.81. The molecule has 1 aliphatic rings. The number of esters is 1. The van der Waals surface area contributed by atoms with Crippen LogP contribution in [-0.4, -0.2) is 47.4 Å². The molecule has 1 aliphatic heterocycles. The summed E-state index contributed by atoms with van der Waals surface area (Å²) in [5.41, 5.74) is 2.53. The molecule has 0 fully saturated rings. The fraction of sp³-hybridized carbons (Fsp3) is 0.333. The summed E-state index contributed by atoms with van der Waals surface area (Å²) >= 11 is 7.06. The first-order valence-electron chi connectivity index (χ1n) is 12.1.